The van der Waals surface area contributed by atoms with Crippen LogP contribution in [0.5, 0.6) is 17.2 Å². The summed E-state index contributed by atoms with van der Waals surface area (Å²) >= 11 is 0. The van der Waals surface area contributed by atoms with Crippen molar-refractivity contribution in [3.05, 3.63) is 53.3 Å². The second-order valence-electron chi connectivity index (χ2n) is 7.91. The van der Waals surface area contributed by atoms with Crippen molar-refractivity contribution in [1.82, 2.24) is 9.80 Å². The molecule has 2 aromatic rings. The van der Waals surface area contributed by atoms with E-state index in [-0.39, 0.29) is 17.7 Å². The lowest BCUT2D eigenvalue weighted by Crippen LogP contribution is -2.39. The van der Waals surface area contributed by atoms with Crippen molar-refractivity contribution >= 4 is 5.91 Å². The third kappa shape index (κ3) is 4.77. The van der Waals surface area contributed by atoms with E-state index in [0.29, 0.717) is 32.8 Å². The van der Waals surface area contributed by atoms with Gasteiger partial charge in [0.25, 0.3) is 0 Å². The maximum absolute atomic E-state index is 14.0. The highest BCUT2D eigenvalue weighted by molar-refractivity contribution is 5.78. The number of carbonyl (C=O) groups is 1. The summed E-state index contributed by atoms with van der Waals surface area (Å²) in [5.41, 5.74) is 1.90. The monoisotopic (exact) mass is 428 g/mol. The van der Waals surface area contributed by atoms with Crippen LogP contribution >= 0.6 is 0 Å². The minimum absolute atomic E-state index is 0.0446. The fourth-order valence-corrected chi connectivity index (χ4v) is 4.34. The van der Waals surface area contributed by atoms with Crippen LogP contribution < -0.4 is 14.2 Å². The number of likely N-dealkylation sites (tertiary alicyclic amines) is 1. The van der Waals surface area contributed by atoms with E-state index in [1.807, 2.05) is 19.1 Å². The van der Waals surface area contributed by atoms with Crippen LogP contribution in [0.15, 0.2) is 36.4 Å². The predicted molar refractivity (Wildman–Crippen MR) is 115 cm³/mol. The minimum Gasteiger partial charge on any atom is -0.494 e. The molecule has 0 bridgehead atoms. The van der Waals surface area contributed by atoms with Gasteiger partial charge in [-0.15, -0.1) is 0 Å². The van der Waals surface area contributed by atoms with Gasteiger partial charge in [-0.05, 0) is 61.7 Å². The molecule has 1 amide bonds. The summed E-state index contributed by atoms with van der Waals surface area (Å²) in [4.78, 5) is 17.1. The maximum Gasteiger partial charge on any atom is 0.237 e. The SMILES string of the molecule is CCN(Cc1ccc(OC)c(F)c1)C(=O)CN1CCCC1c1ccc2c(c1)OCCO2. The molecule has 2 aromatic carbocycles. The molecule has 2 aliphatic rings. The first-order valence-corrected chi connectivity index (χ1v) is 10.8. The summed E-state index contributed by atoms with van der Waals surface area (Å²) in [5.74, 6) is 1.39. The second kappa shape index (κ2) is 9.56. The van der Waals surface area contributed by atoms with Gasteiger partial charge in [-0.25, -0.2) is 4.39 Å². The zero-order valence-electron chi connectivity index (χ0n) is 18.1. The number of likely N-dealkylation sites (N-methyl/N-ethyl adjacent to an activating group) is 1. The summed E-state index contributed by atoms with van der Waals surface area (Å²) in [6, 6.07) is 11.1. The van der Waals surface area contributed by atoms with Crippen LogP contribution in [0.25, 0.3) is 0 Å². The normalized spacial score (nSPS) is 18.1. The van der Waals surface area contributed by atoms with Gasteiger partial charge in [0.05, 0.1) is 13.7 Å². The number of ether oxygens (including phenoxy) is 3. The summed E-state index contributed by atoms with van der Waals surface area (Å²) in [7, 11) is 1.44. The van der Waals surface area contributed by atoms with Crippen molar-refractivity contribution < 1.29 is 23.4 Å². The zero-order valence-corrected chi connectivity index (χ0v) is 18.1. The Balaban J connectivity index is 1.43. The lowest BCUT2D eigenvalue weighted by atomic mass is 10.0. The molecule has 0 aliphatic carbocycles. The molecule has 1 fully saturated rings. The first-order chi connectivity index (χ1) is 15.1. The number of benzene rings is 2. The van der Waals surface area contributed by atoms with Crippen LogP contribution in [0.3, 0.4) is 0 Å². The quantitative estimate of drug-likeness (QED) is 0.672. The molecule has 1 unspecified atom stereocenters. The summed E-state index contributed by atoms with van der Waals surface area (Å²) in [6.07, 6.45) is 2.05. The number of methoxy groups -OCH3 is 1. The van der Waals surface area contributed by atoms with Gasteiger partial charge in [0.1, 0.15) is 13.2 Å². The molecule has 0 saturated carbocycles. The third-order valence-corrected chi connectivity index (χ3v) is 5.98. The van der Waals surface area contributed by atoms with E-state index >= 15 is 0 Å². The third-order valence-electron chi connectivity index (χ3n) is 5.98. The Morgan fingerprint density at radius 1 is 1.19 bits per heavy atom. The van der Waals surface area contributed by atoms with Gasteiger partial charge in [-0.2, -0.15) is 0 Å². The first-order valence-electron chi connectivity index (χ1n) is 10.8. The van der Waals surface area contributed by atoms with Gasteiger partial charge in [0, 0.05) is 19.1 Å². The molecule has 0 spiro atoms. The fourth-order valence-electron chi connectivity index (χ4n) is 4.34. The molecule has 1 saturated heterocycles. The molecular weight excluding hydrogens is 399 g/mol. The van der Waals surface area contributed by atoms with Gasteiger partial charge in [-0.3, -0.25) is 9.69 Å². The Labute approximate surface area is 182 Å². The van der Waals surface area contributed by atoms with E-state index in [1.54, 1.807) is 17.0 Å². The van der Waals surface area contributed by atoms with Gasteiger partial charge >= 0.3 is 0 Å². The number of nitrogens with zero attached hydrogens (tertiary/aromatic N) is 2. The molecule has 4 rings (SSSR count). The van der Waals surface area contributed by atoms with Crippen LogP contribution in [0.4, 0.5) is 4.39 Å². The standard InChI is InChI=1S/C24H29FN2O4/c1-3-26(15-17-6-8-21(29-2)19(25)13-17)24(28)16-27-10-4-5-20(27)18-7-9-22-23(14-18)31-12-11-30-22/h6-9,13-14,20H,3-5,10-12,15-16H2,1-2H3. The highest BCUT2D eigenvalue weighted by atomic mass is 19.1. The molecular formula is C24H29FN2O4. The van der Waals surface area contributed by atoms with Crippen LogP contribution in [0, 0.1) is 5.82 Å². The summed E-state index contributed by atoms with van der Waals surface area (Å²) in [6.45, 7) is 5.22. The Morgan fingerprint density at radius 3 is 2.74 bits per heavy atom. The van der Waals surface area contributed by atoms with Gasteiger partial charge < -0.3 is 19.1 Å². The fraction of sp³-hybridized carbons (Fsp3) is 0.458. The van der Waals surface area contributed by atoms with Crippen LogP contribution in [-0.4, -0.2) is 55.7 Å². The average Bonchev–Trinajstić information content (AvgIpc) is 3.25. The van der Waals surface area contributed by atoms with Crippen molar-refractivity contribution in [2.45, 2.75) is 32.4 Å². The number of hydrogen-bond donors (Lipinski definition) is 0. The molecule has 166 valence electrons. The Kier molecular flexibility index (Phi) is 6.61. The first kappa shape index (κ1) is 21.4. The lowest BCUT2D eigenvalue weighted by molar-refractivity contribution is -0.133. The van der Waals surface area contributed by atoms with E-state index in [9.17, 15) is 9.18 Å². The van der Waals surface area contributed by atoms with Crippen LogP contribution in [0.1, 0.15) is 36.9 Å². The summed E-state index contributed by atoms with van der Waals surface area (Å²) in [5, 5.41) is 0. The largest absolute Gasteiger partial charge is 0.494 e. The number of hydrogen-bond acceptors (Lipinski definition) is 5. The van der Waals surface area contributed by atoms with Crippen molar-refractivity contribution in [2.75, 3.05) is 40.0 Å². The molecule has 2 heterocycles. The number of halogens is 1. The van der Waals surface area contributed by atoms with E-state index in [2.05, 4.69) is 11.0 Å². The molecule has 6 nitrogen and oxygen atoms in total. The zero-order chi connectivity index (χ0) is 21.8. The number of rotatable bonds is 7. The van der Waals surface area contributed by atoms with Crippen LogP contribution in [-0.2, 0) is 11.3 Å². The van der Waals surface area contributed by atoms with E-state index in [0.717, 1.165) is 42.0 Å². The van der Waals surface area contributed by atoms with Crippen LogP contribution in [0.2, 0.25) is 0 Å². The van der Waals surface area contributed by atoms with E-state index in [4.69, 9.17) is 14.2 Å². The van der Waals surface area contributed by atoms with Crippen molar-refractivity contribution in [1.29, 1.82) is 0 Å². The Morgan fingerprint density at radius 2 is 2.00 bits per heavy atom. The predicted octanol–water partition coefficient (Wildman–Crippen LogP) is 3.79. The van der Waals surface area contributed by atoms with E-state index in [1.165, 1.54) is 13.2 Å². The van der Waals surface area contributed by atoms with Gasteiger partial charge in [0.2, 0.25) is 5.91 Å². The lowest BCUT2D eigenvalue weighted by Gasteiger charge is -2.29. The maximum atomic E-state index is 14.0. The Bertz CT molecular complexity index is 936. The topological polar surface area (TPSA) is 51.2 Å². The van der Waals surface area contributed by atoms with Crippen molar-refractivity contribution in [2.24, 2.45) is 0 Å². The smallest absolute Gasteiger partial charge is 0.237 e. The molecule has 0 radical (unpaired) electrons. The van der Waals surface area contributed by atoms with Crippen molar-refractivity contribution in [3.8, 4) is 17.2 Å². The van der Waals surface area contributed by atoms with Gasteiger partial charge in [-0.1, -0.05) is 12.1 Å². The molecule has 0 N–H and O–H groups in total. The second-order valence-corrected chi connectivity index (χ2v) is 7.91. The highest BCUT2D eigenvalue weighted by Crippen LogP contribution is 2.38. The Hall–Kier alpha value is -2.80. The molecule has 1 atom stereocenters. The molecule has 2 aliphatic heterocycles. The average molecular weight is 429 g/mol. The van der Waals surface area contributed by atoms with Crippen molar-refractivity contribution in [3.63, 3.8) is 0 Å². The van der Waals surface area contributed by atoms with E-state index < -0.39 is 5.82 Å². The minimum atomic E-state index is -0.415. The summed E-state index contributed by atoms with van der Waals surface area (Å²) < 4.78 is 30.4. The highest BCUT2D eigenvalue weighted by Gasteiger charge is 2.30. The number of carbonyl (C=O) groups excluding carboxylic acids is 1. The number of amides is 1. The van der Waals surface area contributed by atoms with Gasteiger partial charge in [0.15, 0.2) is 23.1 Å². The molecule has 0 aromatic heterocycles. The molecule has 31 heavy (non-hydrogen) atoms. The molecule has 7 heteroatoms. The number of fused-ring (bicyclic) bond motifs is 1.